The van der Waals surface area contributed by atoms with Crippen LogP contribution in [-0.4, -0.2) is 56.6 Å². The molecule has 1 fully saturated rings. The Morgan fingerprint density at radius 3 is 2.61 bits per heavy atom. The zero-order chi connectivity index (χ0) is 22.2. The number of nitrogens with zero attached hydrogens (tertiary/aromatic N) is 4. The third-order valence-electron chi connectivity index (χ3n) is 4.84. The van der Waals surface area contributed by atoms with Crippen LogP contribution in [0.2, 0.25) is 0 Å². The molecule has 4 rings (SSSR count). The first kappa shape index (κ1) is 20.7. The smallest absolute Gasteiger partial charge is 0.465 e. The van der Waals surface area contributed by atoms with Gasteiger partial charge < -0.3 is 25.2 Å². The van der Waals surface area contributed by atoms with Gasteiger partial charge in [0, 0.05) is 19.3 Å². The molecule has 0 saturated carbocycles. The summed E-state index contributed by atoms with van der Waals surface area (Å²) in [6.07, 6.45) is -4.33. The molecule has 3 N–H and O–H groups in total. The van der Waals surface area contributed by atoms with E-state index < -0.39 is 18.6 Å². The minimum atomic E-state index is -4.80. The molecule has 164 valence electrons. The molecule has 1 amide bonds. The highest BCUT2D eigenvalue weighted by molar-refractivity contribution is 5.93. The molecule has 1 atom stereocenters. The summed E-state index contributed by atoms with van der Waals surface area (Å²) in [6.45, 7) is 0.934. The van der Waals surface area contributed by atoms with Crippen molar-refractivity contribution in [1.29, 1.82) is 0 Å². The van der Waals surface area contributed by atoms with E-state index in [1.165, 1.54) is 16.8 Å². The van der Waals surface area contributed by atoms with Gasteiger partial charge in [0.2, 0.25) is 0 Å². The summed E-state index contributed by atoms with van der Waals surface area (Å²) in [6, 6.07) is 6.88. The fraction of sp³-hybridized carbons (Fsp3) is 0.316. The Labute approximate surface area is 173 Å². The molecule has 1 aromatic carbocycles. The van der Waals surface area contributed by atoms with Gasteiger partial charge in [0.05, 0.1) is 35.1 Å². The van der Waals surface area contributed by atoms with Gasteiger partial charge in [-0.1, -0.05) is 0 Å². The zero-order valence-electron chi connectivity index (χ0n) is 16.0. The molecule has 3 aromatic rings. The van der Waals surface area contributed by atoms with E-state index in [4.69, 9.17) is 5.11 Å². The van der Waals surface area contributed by atoms with Crippen molar-refractivity contribution in [2.45, 2.75) is 25.4 Å². The molecule has 0 bridgehead atoms. The highest BCUT2D eigenvalue weighted by Gasteiger charge is 2.31. The van der Waals surface area contributed by atoms with Gasteiger partial charge in [-0.25, -0.2) is 14.5 Å². The standard InChI is InChI=1S/C19H18F3N5O4/c20-19(21,22)31-13-3-1-11(2-4-13)27-17-16(14(25-27)9-24-18(29)30)15(5-7-23-17)26-8-6-12(28)10-26/h1-5,7,12,24,28H,6,8-10H2,(H,29,30)/t12-/m0/s1. The van der Waals surface area contributed by atoms with Crippen LogP contribution in [0.4, 0.5) is 23.7 Å². The van der Waals surface area contributed by atoms with Gasteiger partial charge in [0.25, 0.3) is 0 Å². The number of ether oxygens (including phenoxy) is 1. The Morgan fingerprint density at radius 1 is 1.26 bits per heavy atom. The zero-order valence-corrected chi connectivity index (χ0v) is 16.0. The van der Waals surface area contributed by atoms with Crippen LogP contribution in [0.3, 0.4) is 0 Å². The number of carboxylic acid groups (broad SMARTS) is 1. The van der Waals surface area contributed by atoms with Crippen LogP contribution >= 0.6 is 0 Å². The molecular formula is C19H18F3N5O4. The van der Waals surface area contributed by atoms with Crippen LogP contribution in [0.25, 0.3) is 16.7 Å². The Morgan fingerprint density at radius 2 is 2.00 bits per heavy atom. The SMILES string of the molecule is O=C(O)NCc1nn(-c2ccc(OC(F)(F)F)cc2)c2nccc(N3CC[C@H](O)C3)c12. The van der Waals surface area contributed by atoms with Crippen LogP contribution in [0.15, 0.2) is 36.5 Å². The molecule has 9 nitrogen and oxygen atoms in total. The average molecular weight is 437 g/mol. The van der Waals surface area contributed by atoms with E-state index in [1.807, 2.05) is 4.90 Å². The minimum absolute atomic E-state index is 0.0941. The topological polar surface area (TPSA) is 113 Å². The first-order valence-corrected chi connectivity index (χ1v) is 9.34. The number of alkyl halides is 3. The van der Waals surface area contributed by atoms with Gasteiger partial charge in [-0.2, -0.15) is 5.10 Å². The lowest BCUT2D eigenvalue weighted by Gasteiger charge is -2.19. The number of aromatic nitrogens is 3. The fourth-order valence-corrected chi connectivity index (χ4v) is 3.57. The Balaban J connectivity index is 1.78. The van der Waals surface area contributed by atoms with Crippen LogP contribution in [0.5, 0.6) is 5.75 Å². The first-order chi connectivity index (χ1) is 14.7. The van der Waals surface area contributed by atoms with E-state index >= 15 is 0 Å². The van der Waals surface area contributed by atoms with E-state index in [1.54, 1.807) is 12.3 Å². The molecule has 0 unspecified atom stereocenters. The molecular weight excluding hydrogens is 419 g/mol. The minimum Gasteiger partial charge on any atom is -0.465 e. The number of aliphatic hydroxyl groups excluding tert-OH is 1. The van der Waals surface area contributed by atoms with Gasteiger partial charge in [0.1, 0.15) is 5.75 Å². The predicted molar refractivity (Wildman–Crippen MR) is 103 cm³/mol. The summed E-state index contributed by atoms with van der Waals surface area (Å²) in [4.78, 5) is 17.3. The number of hydrogen-bond acceptors (Lipinski definition) is 6. The lowest BCUT2D eigenvalue weighted by atomic mass is 10.2. The van der Waals surface area contributed by atoms with Crippen molar-refractivity contribution in [3.8, 4) is 11.4 Å². The van der Waals surface area contributed by atoms with E-state index in [9.17, 15) is 23.1 Å². The Bertz CT molecular complexity index is 1100. The van der Waals surface area contributed by atoms with Crippen LogP contribution in [0.1, 0.15) is 12.1 Å². The van der Waals surface area contributed by atoms with Gasteiger partial charge >= 0.3 is 12.5 Å². The number of benzene rings is 1. The first-order valence-electron chi connectivity index (χ1n) is 9.34. The third-order valence-corrected chi connectivity index (χ3v) is 4.84. The number of halogens is 3. The van der Waals surface area contributed by atoms with Gasteiger partial charge in [0.15, 0.2) is 5.65 Å². The van der Waals surface area contributed by atoms with Crippen molar-refractivity contribution in [1.82, 2.24) is 20.1 Å². The summed E-state index contributed by atoms with van der Waals surface area (Å²) in [7, 11) is 0. The predicted octanol–water partition coefficient (Wildman–Crippen LogP) is 2.66. The van der Waals surface area contributed by atoms with Crippen molar-refractivity contribution in [3.63, 3.8) is 0 Å². The molecule has 3 heterocycles. The van der Waals surface area contributed by atoms with Crippen LogP contribution in [0, 0.1) is 0 Å². The average Bonchev–Trinajstić information content (AvgIpc) is 3.29. The summed E-state index contributed by atoms with van der Waals surface area (Å²) < 4.78 is 42.6. The molecule has 2 aromatic heterocycles. The number of fused-ring (bicyclic) bond motifs is 1. The molecule has 12 heteroatoms. The highest BCUT2D eigenvalue weighted by Crippen LogP contribution is 2.33. The summed E-state index contributed by atoms with van der Waals surface area (Å²) in [5.41, 5.74) is 1.97. The van der Waals surface area contributed by atoms with Crippen molar-refractivity contribution >= 4 is 22.8 Å². The van der Waals surface area contributed by atoms with E-state index in [2.05, 4.69) is 20.1 Å². The molecule has 1 saturated heterocycles. The van der Waals surface area contributed by atoms with Gasteiger partial charge in [-0.05, 0) is 36.8 Å². The summed E-state index contributed by atoms with van der Waals surface area (Å²) in [5, 5.41) is 26.2. The van der Waals surface area contributed by atoms with Crippen molar-refractivity contribution in [2.24, 2.45) is 0 Å². The fourth-order valence-electron chi connectivity index (χ4n) is 3.57. The Hall–Kier alpha value is -3.54. The van der Waals surface area contributed by atoms with Gasteiger partial charge in [-0.3, -0.25) is 0 Å². The molecule has 0 aliphatic carbocycles. The number of rotatable bonds is 5. The number of aliphatic hydroxyl groups is 1. The second-order valence-electron chi connectivity index (χ2n) is 6.98. The van der Waals surface area contributed by atoms with Crippen molar-refractivity contribution in [3.05, 3.63) is 42.2 Å². The Kier molecular flexibility index (Phi) is 5.31. The second-order valence-corrected chi connectivity index (χ2v) is 6.98. The summed E-state index contributed by atoms with van der Waals surface area (Å²) in [5.74, 6) is -0.375. The molecule has 31 heavy (non-hydrogen) atoms. The van der Waals surface area contributed by atoms with Crippen LogP contribution in [-0.2, 0) is 6.54 Å². The van der Waals surface area contributed by atoms with E-state index in [0.29, 0.717) is 41.9 Å². The number of β-amino-alcohol motifs (C(OH)–C–C–N with tert-alkyl or cyclic N) is 1. The van der Waals surface area contributed by atoms with Crippen molar-refractivity contribution < 1.29 is 32.9 Å². The number of hydrogen-bond donors (Lipinski definition) is 3. The molecule has 0 spiro atoms. The maximum absolute atomic E-state index is 12.4. The maximum Gasteiger partial charge on any atom is 0.573 e. The maximum atomic E-state index is 12.4. The van der Waals surface area contributed by atoms with E-state index in [0.717, 1.165) is 17.8 Å². The molecule has 1 aliphatic heterocycles. The quantitative estimate of drug-likeness (QED) is 0.563. The van der Waals surface area contributed by atoms with Crippen LogP contribution < -0.4 is 15.0 Å². The number of nitrogens with one attached hydrogen (secondary N) is 1. The number of pyridine rings is 1. The number of amides is 1. The molecule has 0 radical (unpaired) electrons. The number of anilines is 1. The number of carbonyl (C=O) groups is 1. The second kappa shape index (κ2) is 7.95. The lowest BCUT2D eigenvalue weighted by molar-refractivity contribution is -0.274. The van der Waals surface area contributed by atoms with Gasteiger partial charge in [-0.15, -0.1) is 13.2 Å². The van der Waals surface area contributed by atoms with Crippen molar-refractivity contribution in [2.75, 3.05) is 18.0 Å². The monoisotopic (exact) mass is 437 g/mol. The van der Waals surface area contributed by atoms with E-state index in [-0.39, 0.29) is 12.3 Å². The largest absolute Gasteiger partial charge is 0.573 e. The summed E-state index contributed by atoms with van der Waals surface area (Å²) >= 11 is 0. The highest BCUT2D eigenvalue weighted by atomic mass is 19.4. The lowest BCUT2D eigenvalue weighted by Crippen LogP contribution is -2.23. The normalized spacial score (nSPS) is 16.6. The molecule has 1 aliphatic rings. The third kappa shape index (κ3) is 4.48.